The quantitative estimate of drug-likeness (QED) is 0.535. The van der Waals surface area contributed by atoms with E-state index in [0.717, 1.165) is 0 Å². The molecular weight excluding hydrogens is 132 g/mol. The highest BCUT2D eigenvalue weighted by atomic mass is 16.3. The van der Waals surface area contributed by atoms with Crippen molar-refractivity contribution < 1.29 is 9.21 Å². The first-order valence-electron chi connectivity index (χ1n) is 2.72. The van der Waals surface area contributed by atoms with Crippen LogP contribution in [0.2, 0.25) is 0 Å². The maximum absolute atomic E-state index is 10.3. The summed E-state index contributed by atoms with van der Waals surface area (Å²) in [5.74, 6) is -0.247. The molecule has 0 aromatic carbocycles. The van der Waals surface area contributed by atoms with Crippen LogP contribution in [-0.4, -0.2) is 17.1 Å². The van der Waals surface area contributed by atoms with Gasteiger partial charge in [-0.3, -0.25) is 4.79 Å². The van der Waals surface area contributed by atoms with Gasteiger partial charge in [0.25, 0.3) is 0 Å². The summed E-state index contributed by atoms with van der Waals surface area (Å²) in [6.07, 6.45) is 4.04. The van der Waals surface area contributed by atoms with Crippen molar-refractivity contribution in [3.63, 3.8) is 0 Å². The van der Waals surface area contributed by atoms with Gasteiger partial charge in [0, 0.05) is 6.92 Å². The molecule has 0 saturated heterocycles. The van der Waals surface area contributed by atoms with Gasteiger partial charge in [0.2, 0.25) is 5.91 Å². The first-order chi connectivity index (χ1) is 4.79. The van der Waals surface area contributed by atoms with E-state index < -0.39 is 0 Å². The van der Waals surface area contributed by atoms with Crippen LogP contribution in [0.5, 0.6) is 0 Å². The molecule has 0 aliphatic rings. The van der Waals surface area contributed by atoms with E-state index in [1.807, 2.05) is 0 Å². The lowest BCUT2D eigenvalue weighted by Crippen LogP contribution is -1.85. The Balaban J connectivity index is 2.64. The third-order valence-electron chi connectivity index (χ3n) is 0.830. The van der Waals surface area contributed by atoms with Crippen LogP contribution in [0.15, 0.2) is 22.1 Å². The third-order valence-corrected chi connectivity index (χ3v) is 0.830. The van der Waals surface area contributed by atoms with Gasteiger partial charge in [-0.25, -0.2) is 9.98 Å². The van der Waals surface area contributed by atoms with Crippen molar-refractivity contribution in [1.29, 1.82) is 0 Å². The van der Waals surface area contributed by atoms with E-state index >= 15 is 0 Å². The number of rotatable bonds is 1. The van der Waals surface area contributed by atoms with E-state index in [4.69, 9.17) is 0 Å². The summed E-state index contributed by atoms with van der Waals surface area (Å²) in [5, 5.41) is 0. The van der Waals surface area contributed by atoms with E-state index in [9.17, 15) is 4.79 Å². The zero-order chi connectivity index (χ0) is 7.40. The summed E-state index contributed by atoms with van der Waals surface area (Å²) < 4.78 is 4.63. The summed E-state index contributed by atoms with van der Waals surface area (Å²) >= 11 is 0. The molecule has 0 spiro atoms. The number of aromatic nitrogens is 1. The number of carbonyl (C=O) groups excluding carboxylic acids is 1. The van der Waals surface area contributed by atoms with Crippen LogP contribution in [-0.2, 0) is 4.79 Å². The minimum absolute atomic E-state index is 0.247. The molecule has 4 heteroatoms. The van der Waals surface area contributed by atoms with Gasteiger partial charge in [0.05, 0.1) is 6.21 Å². The lowest BCUT2D eigenvalue weighted by Gasteiger charge is -1.76. The first kappa shape index (κ1) is 6.67. The molecule has 0 fully saturated rings. The molecule has 0 aliphatic heterocycles. The van der Waals surface area contributed by atoms with Gasteiger partial charge in [0.1, 0.15) is 12.0 Å². The van der Waals surface area contributed by atoms with Crippen molar-refractivity contribution in [1.82, 2.24) is 4.98 Å². The second kappa shape index (κ2) is 2.91. The number of aliphatic imine (C=N–C) groups is 1. The standard InChI is InChI=1S/C6H6N2O2/c1-5(9)7-2-6-3-10-4-8-6/h2-4H,1H3. The first-order valence-corrected chi connectivity index (χ1v) is 2.72. The van der Waals surface area contributed by atoms with Gasteiger partial charge in [-0.05, 0) is 0 Å². The largest absolute Gasteiger partial charge is 0.451 e. The smallest absolute Gasteiger partial charge is 0.242 e. The molecule has 0 unspecified atom stereocenters. The second-order valence-corrected chi connectivity index (χ2v) is 1.69. The Bertz CT molecular complexity index is 238. The zero-order valence-corrected chi connectivity index (χ0v) is 5.44. The fourth-order valence-electron chi connectivity index (χ4n) is 0.443. The average Bonchev–Trinajstić information content (AvgIpc) is 2.34. The number of carbonyl (C=O) groups is 1. The summed E-state index contributed by atoms with van der Waals surface area (Å²) in [6.45, 7) is 1.37. The second-order valence-electron chi connectivity index (χ2n) is 1.69. The van der Waals surface area contributed by atoms with Crippen LogP contribution in [0.4, 0.5) is 0 Å². The maximum Gasteiger partial charge on any atom is 0.242 e. The summed E-state index contributed by atoms with van der Waals surface area (Å²) in [5.41, 5.74) is 0.551. The zero-order valence-electron chi connectivity index (χ0n) is 5.44. The molecule has 0 saturated carbocycles. The van der Waals surface area contributed by atoms with Crippen LogP contribution in [0, 0.1) is 0 Å². The van der Waals surface area contributed by atoms with Gasteiger partial charge in [-0.1, -0.05) is 0 Å². The molecule has 1 rings (SSSR count). The fraction of sp³-hybridized carbons (Fsp3) is 0.167. The van der Waals surface area contributed by atoms with E-state index in [1.54, 1.807) is 0 Å². The van der Waals surface area contributed by atoms with E-state index in [0.29, 0.717) is 5.69 Å². The Morgan fingerprint density at radius 2 is 2.70 bits per heavy atom. The van der Waals surface area contributed by atoms with Gasteiger partial charge in [-0.15, -0.1) is 0 Å². The van der Waals surface area contributed by atoms with E-state index in [-0.39, 0.29) is 5.91 Å². The van der Waals surface area contributed by atoms with Crippen LogP contribution < -0.4 is 0 Å². The molecule has 0 bridgehead atoms. The SMILES string of the molecule is CC(=O)N=Cc1cocn1. The third kappa shape index (κ3) is 1.81. The maximum atomic E-state index is 10.3. The van der Waals surface area contributed by atoms with Gasteiger partial charge in [-0.2, -0.15) is 0 Å². The van der Waals surface area contributed by atoms with E-state index in [2.05, 4.69) is 14.4 Å². The van der Waals surface area contributed by atoms with Crippen LogP contribution in [0.25, 0.3) is 0 Å². The van der Waals surface area contributed by atoms with Crippen LogP contribution >= 0.6 is 0 Å². The normalized spacial score (nSPS) is 10.5. The van der Waals surface area contributed by atoms with Gasteiger partial charge < -0.3 is 4.42 Å². The number of nitrogens with zero attached hydrogens (tertiary/aromatic N) is 2. The predicted octanol–water partition coefficient (Wildman–Crippen LogP) is 0.640. The molecule has 0 N–H and O–H groups in total. The highest BCUT2D eigenvalue weighted by Gasteiger charge is 1.89. The summed E-state index contributed by atoms with van der Waals surface area (Å²) in [4.78, 5) is 17.5. The molecule has 0 radical (unpaired) electrons. The predicted molar refractivity (Wildman–Crippen MR) is 34.8 cm³/mol. The Labute approximate surface area is 57.6 Å². The molecule has 0 aliphatic carbocycles. The molecule has 0 atom stereocenters. The Morgan fingerprint density at radius 3 is 3.20 bits per heavy atom. The molecule has 1 aromatic rings. The van der Waals surface area contributed by atoms with Crippen molar-refractivity contribution in [2.75, 3.05) is 0 Å². The molecule has 52 valence electrons. The number of amides is 1. The average molecular weight is 138 g/mol. The molecule has 10 heavy (non-hydrogen) atoms. The highest BCUT2D eigenvalue weighted by Crippen LogP contribution is 1.88. The Hall–Kier alpha value is -1.45. The van der Waals surface area contributed by atoms with Crippen molar-refractivity contribution in [2.45, 2.75) is 6.92 Å². The molecule has 4 nitrogen and oxygen atoms in total. The monoisotopic (exact) mass is 138 g/mol. The summed E-state index contributed by atoms with van der Waals surface area (Å²) in [7, 11) is 0. The Kier molecular flexibility index (Phi) is 1.94. The number of hydrogen-bond donors (Lipinski definition) is 0. The highest BCUT2D eigenvalue weighted by molar-refractivity contribution is 5.89. The van der Waals surface area contributed by atoms with Crippen molar-refractivity contribution in [3.05, 3.63) is 18.4 Å². The van der Waals surface area contributed by atoms with Crippen molar-refractivity contribution in [3.8, 4) is 0 Å². The lowest BCUT2D eigenvalue weighted by molar-refractivity contribution is -0.115. The lowest BCUT2D eigenvalue weighted by atomic mass is 10.5. The molecule has 1 aromatic heterocycles. The van der Waals surface area contributed by atoms with Gasteiger partial charge in [0.15, 0.2) is 6.39 Å². The number of hydrogen-bond acceptors (Lipinski definition) is 3. The van der Waals surface area contributed by atoms with Crippen molar-refractivity contribution in [2.24, 2.45) is 4.99 Å². The van der Waals surface area contributed by atoms with Crippen LogP contribution in [0.3, 0.4) is 0 Å². The summed E-state index contributed by atoms with van der Waals surface area (Å²) in [6, 6.07) is 0. The fourth-order valence-corrected chi connectivity index (χ4v) is 0.443. The molecular formula is C6H6N2O2. The van der Waals surface area contributed by atoms with E-state index in [1.165, 1.54) is 25.8 Å². The number of oxazole rings is 1. The van der Waals surface area contributed by atoms with Crippen LogP contribution in [0.1, 0.15) is 12.6 Å². The Morgan fingerprint density at radius 1 is 1.90 bits per heavy atom. The molecule has 1 heterocycles. The minimum atomic E-state index is -0.247. The molecule has 1 amide bonds. The van der Waals surface area contributed by atoms with Gasteiger partial charge >= 0.3 is 0 Å². The topological polar surface area (TPSA) is 55.5 Å². The van der Waals surface area contributed by atoms with Crippen molar-refractivity contribution >= 4 is 12.1 Å². The minimum Gasteiger partial charge on any atom is -0.451 e.